The molecule has 2 aromatic carbocycles. The Morgan fingerprint density at radius 2 is 1.73 bits per heavy atom. The van der Waals surface area contributed by atoms with Crippen molar-refractivity contribution in [1.82, 2.24) is 5.32 Å². The van der Waals surface area contributed by atoms with Crippen molar-refractivity contribution in [3.05, 3.63) is 64.2 Å². The van der Waals surface area contributed by atoms with Crippen molar-refractivity contribution in [1.29, 1.82) is 0 Å². The molecule has 2 N–H and O–H groups in total. The van der Waals surface area contributed by atoms with Crippen LogP contribution in [0.4, 0.5) is 17.1 Å². The van der Waals surface area contributed by atoms with Gasteiger partial charge >= 0.3 is 11.8 Å². The van der Waals surface area contributed by atoms with E-state index < -0.39 is 16.7 Å². The highest BCUT2D eigenvalue weighted by Crippen LogP contribution is 2.23. The molecule has 0 aromatic heterocycles. The van der Waals surface area contributed by atoms with Gasteiger partial charge in [0.05, 0.1) is 18.1 Å². The zero-order valence-electron chi connectivity index (χ0n) is 16.5. The number of carbonyl (C=O) groups excluding carboxylic acids is 2. The van der Waals surface area contributed by atoms with Crippen LogP contribution >= 0.6 is 0 Å². The number of nitro benzene ring substituents is 1. The molecule has 0 aliphatic carbocycles. The average molecular weight is 412 g/mol. The molecule has 9 nitrogen and oxygen atoms in total. The van der Waals surface area contributed by atoms with Crippen molar-refractivity contribution in [2.75, 3.05) is 43.1 Å². The average Bonchev–Trinajstić information content (AvgIpc) is 2.77. The molecule has 1 fully saturated rings. The molecule has 0 spiro atoms. The Morgan fingerprint density at radius 3 is 2.43 bits per heavy atom. The first-order chi connectivity index (χ1) is 14.5. The van der Waals surface area contributed by atoms with E-state index in [4.69, 9.17) is 4.74 Å². The number of carbonyl (C=O) groups is 2. The standard InChI is InChI=1S/C21H24N4O5/c26-20(21(27)23-18-5-1-2-6-19(18)25(28)29)22-11-3-4-16-7-9-17(10-8-16)24-12-14-30-15-13-24/h1-2,5-10H,3-4,11-15H2,(H,22,26)(H,23,27). The van der Waals surface area contributed by atoms with Crippen LogP contribution < -0.4 is 15.5 Å². The molecule has 0 saturated carbocycles. The predicted molar refractivity (Wildman–Crippen MR) is 113 cm³/mol. The van der Waals surface area contributed by atoms with E-state index in [0.29, 0.717) is 13.0 Å². The van der Waals surface area contributed by atoms with Crippen LogP contribution in [0.1, 0.15) is 12.0 Å². The second-order valence-electron chi connectivity index (χ2n) is 6.85. The van der Waals surface area contributed by atoms with E-state index >= 15 is 0 Å². The third kappa shape index (κ3) is 5.77. The number of nitro groups is 1. The number of rotatable bonds is 7. The minimum atomic E-state index is -0.931. The molecule has 0 atom stereocenters. The number of nitrogens with zero attached hydrogens (tertiary/aromatic N) is 2. The number of anilines is 2. The summed E-state index contributed by atoms with van der Waals surface area (Å²) in [5.74, 6) is -1.75. The number of morpholine rings is 1. The van der Waals surface area contributed by atoms with Crippen molar-refractivity contribution in [3.8, 4) is 0 Å². The lowest BCUT2D eigenvalue weighted by atomic mass is 10.1. The third-order valence-corrected chi connectivity index (χ3v) is 4.80. The second-order valence-corrected chi connectivity index (χ2v) is 6.85. The van der Waals surface area contributed by atoms with E-state index in [1.165, 1.54) is 23.9 Å². The summed E-state index contributed by atoms with van der Waals surface area (Å²) in [4.78, 5) is 36.6. The summed E-state index contributed by atoms with van der Waals surface area (Å²) < 4.78 is 5.36. The van der Waals surface area contributed by atoms with E-state index in [2.05, 4.69) is 39.8 Å². The molecular formula is C21H24N4O5. The maximum absolute atomic E-state index is 12.0. The fraction of sp³-hybridized carbons (Fsp3) is 0.333. The first kappa shape index (κ1) is 21.3. The summed E-state index contributed by atoms with van der Waals surface area (Å²) in [6.45, 7) is 3.59. The molecule has 158 valence electrons. The summed E-state index contributed by atoms with van der Waals surface area (Å²) >= 11 is 0. The summed E-state index contributed by atoms with van der Waals surface area (Å²) in [7, 11) is 0. The van der Waals surface area contributed by atoms with Crippen LogP contribution in [0.25, 0.3) is 0 Å². The zero-order chi connectivity index (χ0) is 21.3. The number of hydrogen-bond acceptors (Lipinski definition) is 6. The highest BCUT2D eigenvalue weighted by atomic mass is 16.6. The van der Waals surface area contributed by atoms with Crippen LogP contribution in [0, 0.1) is 10.1 Å². The van der Waals surface area contributed by atoms with E-state index in [1.54, 1.807) is 6.07 Å². The van der Waals surface area contributed by atoms with Gasteiger partial charge in [0.1, 0.15) is 5.69 Å². The summed E-state index contributed by atoms with van der Waals surface area (Å²) in [5.41, 5.74) is 2.04. The number of hydrogen-bond donors (Lipinski definition) is 2. The van der Waals surface area contributed by atoms with Gasteiger partial charge in [0.15, 0.2) is 0 Å². The Bertz CT molecular complexity index is 895. The molecule has 0 bridgehead atoms. The molecule has 3 rings (SSSR count). The van der Waals surface area contributed by atoms with Gasteiger partial charge in [-0.15, -0.1) is 0 Å². The first-order valence-corrected chi connectivity index (χ1v) is 9.79. The van der Waals surface area contributed by atoms with Crippen molar-refractivity contribution < 1.29 is 19.2 Å². The number of aryl methyl sites for hydroxylation is 1. The number of para-hydroxylation sites is 2. The summed E-state index contributed by atoms with van der Waals surface area (Å²) in [6.07, 6.45) is 1.43. The maximum Gasteiger partial charge on any atom is 0.313 e. The van der Waals surface area contributed by atoms with Crippen LogP contribution in [0.2, 0.25) is 0 Å². The molecule has 0 radical (unpaired) electrons. The molecule has 1 saturated heterocycles. The van der Waals surface area contributed by atoms with E-state index in [0.717, 1.165) is 38.3 Å². The van der Waals surface area contributed by atoms with Gasteiger partial charge in [0.2, 0.25) is 0 Å². The van der Waals surface area contributed by atoms with Gasteiger partial charge in [0, 0.05) is 31.4 Å². The van der Waals surface area contributed by atoms with Crippen molar-refractivity contribution in [2.45, 2.75) is 12.8 Å². The predicted octanol–water partition coefficient (Wildman–Crippen LogP) is 2.12. The van der Waals surface area contributed by atoms with E-state index in [9.17, 15) is 19.7 Å². The Kier molecular flexibility index (Phi) is 7.34. The van der Waals surface area contributed by atoms with Gasteiger partial charge in [-0.25, -0.2) is 0 Å². The zero-order valence-corrected chi connectivity index (χ0v) is 16.5. The molecular weight excluding hydrogens is 388 g/mol. The number of nitrogens with one attached hydrogen (secondary N) is 2. The molecule has 1 aliphatic heterocycles. The lowest BCUT2D eigenvalue weighted by Gasteiger charge is -2.28. The monoisotopic (exact) mass is 412 g/mol. The lowest BCUT2D eigenvalue weighted by molar-refractivity contribution is -0.383. The van der Waals surface area contributed by atoms with E-state index in [1.807, 2.05) is 0 Å². The Balaban J connectivity index is 1.41. The number of ether oxygens (including phenoxy) is 1. The van der Waals surface area contributed by atoms with Gasteiger partial charge < -0.3 is 20.3 Å². The van der Waals surface area contributed by atoms with Gasteiger partial charge in [-0.1, -0.05) is 24.3 Å². The van der Waals surface area contributed by atoms with Gasteiger partial charge in [-0.05, 0) is 36.6 Å². The van der Waals surface area contributed by atoms with Crippen LogP contribution in [-0.2, 0) is 20.7 Å². The summed E-state index contributed by atoms with van der Waals surface area (Å²) in [6, 6.07) is 14.0. The fourth-order valence-electron chi connectivity index (χ4n) is 3.19. The van der Waals surface area contributed by atoms with Crippen molar-refractivity contribution in [3.63, 3.8) is 0 Å². The highest BCUT2D eigenvalue weighted by molar-refractivity contribution is 6.39. The lowest BCUT2D eigenvalue weighted by Crippen LogP contribution is -2.36. The normalized spacial score (nSPS) is 13.5. The molecule has 1 heterocycles. The van der Waals surface area contributed by atoms with Crippen LogP contribution in [0.3, 0.4) is 0 Å². The molecule has 2 amide bonds. The molecule has 30 heavy (non-hydrogen) atoms. The molecule has 0 unspecified atom stereocenters. The van der Waals surface area contributed by atoms with Crippen molar-refractivity contribution >= 4 is 28.9 Å². The first-order valence-electron chi connectivity index (χ1n) is 9.79. The minimum absolute atomic E-state index is 0.0111. The fourth-order valence-corrected chi connectivity index (χ4v) is 3.19. The number of benzene rings is 2. The van der Waals surface area contributed by atoms with Gasteiger partial charge in [0.25, 0.3) is 5.69 Å². The SMILES string of the molecule is O=C(NCCCc1ccc(N2CCOCC2)cc1)C(=O)Nc1ccccc1[N+](=O)[O-]. The summed E-state index contributed by atoms with van der Waals surface area (Å²) in [5, 5.41) is 15.8. The van der Waals surface area contributed by atoms with Crippen LogP contribution in [0.15, 0.2) is 48.5 Å². The smallest absolute Gasteiger partial charge is 0.313 e. The highest BCUT2D eigenvalue weighted by Gasteiger charge is 2.19. The molecule has 1 aliphatic rings. The topological polar surface area (TPSA) is 114 Å². The third-order valence-electron chi connectivity index (χ3n) is 4.80. The minimum Gasteiger partial charge on any atom is -0.378 e. The van der Waals surface area contributed by atoms with E-state index in [-0.39, 0.29) is 11.4 Å². The quantitative estimate of drug-likeness (QED) is 0.312. The van der Waals surface area contributed by atoms with Crippen LogP contribution in [0.5, 0.6) is 0 Å². The second kappa shape index (κ2) is 10.4. The molecule has 2 aromatic rings. The van der Waals surface area contributed by atoms with Crippen molar-refractivity contribution in [2.24, 2.45) is 0 Å². The Labute approximate surface area is 174 Å². The maximum atomic E-state index is 12.0. The van der Waals surface area contributed by atoms with Gasteiger partial charge in [-0.2, -0.15) is 0 Å². The molecule has 9 heteroatoms. The van der Waals surface area contributed by atoms with Gasteiger partial charge in [-0.3, -0.25) is 19.7 Å². The largest absolute Gasteiger partial charge is 0.378 e. The Hall–Kier alpha value is -3.46. The number of amides is 2. The Morgan fingerprint density at radius 1 is 1.03 bits per heavy atom. The van der Waals surface area contributed by atoms with Crippen LogP contribution in [-0.4, -0.2) is 49.6 Å².